The number of carbonyl (C=O) groups is 1. The monoisotopic (exact) mass is 336 g/mol. The van der Waals surface area contributed by atoms with E-state index in [4.69, 9.17) is 0 Å². The average Bonchev–Trinajstić information content (AvgIpc) is 2.89. The molecule has 1 aliphatic heterocycles. The largest absolute Gasteiger partial charge is 0.378 e. The summed E-state index contributed by atoms with van der Waals surface area (Å²) >= 11 is 1.63. The molecule has 2 aromatic carbocycles. The van der Waals surface area contributed by atoms with Crippen molar-refractivity contribution in [2.24, 2.45) is 0 Å². The first kappa shape index (κ1) is 16.4. The van der Waals surface area contributed by atoms with Crippen molar-refractivity contribution in [3.05, 3.63) is 71.3 Å². The molecule has 0 saturated carbocycles. The van der Waals surface area contributed by atoms with Gasteiger partial charge in [0.15, 0.2) is 5.78 Å². The van der Waals surface area contributed by atoms with Crippen molar-refractivity contribution in [1.29, 1.82) is 0 Å². The first-order chi connectivity index (χ1) is 11.5. The fourth-order valence-corrected chi connectivity index (χ4v) is 3.57. The van der Waals surface area contributed by atoms with Gasteiger partial charge in [0, 0.05) is 37.8 Å². The van der Waals surface area contributed by atoms with Crippen LogP contribution in [0.15, 0.2) is 70.6 Å². The van der Waals surface area contributed by atoms with E-state index in [0.717, 1.165) is 22.0 Å². The van der Waals surface area contributed by atoms with E-state index in [-0.39, 0.29) is 5.78 Å². The van der Waals surface area contributed by atoms with Gasteiger partial charge in [0.1, 0.15) is 0 Å². The molecular formula is C20H20N2OS. The van der Waals surface area contributed by atoms with Crippen LogP contribution in [0.1, 0.15) is 5.56 Å². The zero-order chi connectivity index (χ0) is 17.1. The Morgan fingerprint density at radius 2 is 1.79 bits per heavy atom. The minimum absolute atomic E-state index is 0.00570. The lowest BCUT2D eigenvalue weighted by molar-refractivity contribution is -0.110. The number of allylic oxidation sites excluding steroid dienone is 2. The number of hydrogen-bond donors (Lipinski definition) is 0. The van der Waals surface area contributed by atoms with Gasteiger partial charge in [-0.25, -0.2) is 0 Å². The summed E-state index contributed by atoms with van der Waals surface area (Å²) in [5.41, 5.74) is 3.30. The van der Waals surface area contributed by atoms with E-state index >= 15 is 0 Å². The summed E-state index contributed by atoms with van der Waals surface area (Å²) in [7, 11) is 6.00. The van der Waals surface area contributed by atoms with Crippen LogP contribution in [0.4, 0.5) is 11.4 Å². The van der Waals surface area contributed by atoms with Crippen molar-refractivity contribution in [2.75, 3.05) is 30.9 Å². The zero-order valence-electron chi connectivity index (χ0n) is 14.1. The Labute approximate surface area is 147 Å². The highest BCUT2D eigenvalue weighted by Gasteiger charge is 2.21. The number of fused-ring (bicyclic) bond motifs is 1. The average molecular weight is 336 g/mol. The first-order valence-corrected chi connectivity index (χ1v) is 8.58. The molecule has 24 heavy (non-hydrogen) atoms. The summed E-state index contributed by atoms with van der Waals surface area (Å²) in [6.45, 7) is 0. The summed E-state index contributed by atoms with van der Waals surface area (Å²) in [4.78, 5) is 17.5. The van der Waals surface area contributed by atoms with Crippen LogP contribution in [0.25, 0.3) is 6.08 Å². The molecule has 1 heterocycles. The molecule has 1 aliphatic rings. The van der Waals surface area contributed by atoms with E-state index in [1.807, 2.05) is 68.5 Å². The van der Waals surface area contributed by atoms with Crippen molar-refractivity contribution in [1.82, 2.24) is 0 Å². The van der Waals surface area contributed by atoms with Gasteiger partial charge in [-0.15, -0.1) is 0 Å². The third-order valence-electron chi connectivity index (χ3n) is 3.89. The fourth-order valence-electron chi connectivity index (χ4n) is 2.48. The number of para-hydroxylation sites is 1. The second kappa shape index (κ2) is 6.97. The molecule has 0 fully saturated rings. The lowest BCUT2D eigenvalue weighted by Gasteiger charge is -2.12. The lowest BCUT2D eigenvalue weighted by atomic mass is 10.1. The highest BCUT2D eigenvalue weighted by molar-refractivity contribution is 8.03. The Kier molecular flexibility index (Phi) is 4.76. The summed E-state index contributed by atoms with van der Waals surface area (Å²) in [5, 5.41) is 0.953. The van der Waals surface area contributed by atoms with E-state index in [1.165, 1.54) is 4.90 Å². The smallest absolute Gasteiger partial charge is 0.181 e. The molecule has 0 aliphatic carbocycles. The second-order valence-corrected chi connectivity index (χ2v) is 6.90. The van der Waals surface area contributed by atoms with Gasteiger partial charge in [0.2, 0.25) is 0 Å². The van der Waals surface area contributed by atoms with Crippen molar-refractivity contribution in [3.63, 3.8) is 0 Å². The molecule has 0 aromatic heterocycles. The Hall–Kier alpha value is -2.46. The molecule has 122 valence electrons. The molecule has 0 saturated heterocycles. The maximum Gasteiger partial charge on any atom is 0.181 e. The molecule has 0 unspecified atom stereocenters. The van der Waals surface area contributed by atoms with Crippen LogP contribution in [-0.2, 0) is 4.79 Å². The molecule has 0 atom stereocenters. The van der Waals surface area contributed by atoms with Gasteiger partial charge in [-0.05, 0) is 35.9 Å². The minimum atomic E-state index is -0.00570. The minimum Gasteiger partial charge on any atom is -0.378 e. The fraction of sp³-hybridized carbons (Fsp3) is 0.150. The number of thioether (sulfide) groups is 1. The Bertz CT molecular complexity index is 807. The van der Waals surface area contributed by atoms with E-state index < -0.39 is 0 Å². The van der Waals surface area contributed by atoms with E-state index in [9.17, 15) is 4.79 Å². The zero-order valence-corrected chi connectivity index (χ0v) is 14.9. The van der Waals surface area contributed by atoms with Crippen LogP contribution in [0.5, 0.6) is 0 Å². The molecule has 4 heteroatoms. The predicted octanol–water partition coefficient (Wildman–Crippen LogP) is 4.42. The highest BCUT2D eigenvalue weighted by atomic mass is 32.2. The SMILES string of the molecule is CN(C)c1ccc(/C=C/C(=O)/C=C2\Sc3ccccc3N2C)cc1. The van der Waals surface area contributed by atoms with Crippen LogP contribution >= 0.6 is 11.8 Å². The quantitative estimate of drug-likeness (QED) is 0.771. The van der Waals surface area contributed by atoms with E-state index in [2.05, 4.69) is 17.0 Å². The van der Waals surface area contributed by atoms with Gasteiger partial charge in [0.25, 0.3) is 0 Å². The number of ketones is 1. The molecule has 3 nitrogen and oxygen atoms in total. The van der Waals surface area contributed by atoms with Gasteiger partial charge >= 0.3 is 0 Å². The maximum atomic E-state index is 12.2. The number of benzene rings is 2. The van der Waals surface area contributed by atoms with Gasteiger partial charge in [-0.3, -0.25) is 4.79 Å². The summed E-state index contributed by atoms with van der Waals surface area (Å²) < 4.78 is 0. The Morgan fingerprint density at radius 1 is 1.08 bits per heavy atom. The Morgan fingerprint density at radius 3 is 2.46 bits per heavy atom. The van der Waals surface area contributed by atoms with Gasteiger partial charge in [-0.2, -0.15) is 0 Å². The normalized spacial score (nSPS) is 15.1. The topological polar surface area (TPSA) is 23.6 Å². The van der Waals surface area contributed by atoms with Crippen LogP contribution in [0.2, 0.25) is 0 Å². The molecule has 3 rings (SSSR count). The molecule has 0 radical (unpaired) electrons. The number of nitrogens with zero attached hydrogens (tertiary/aromatic N) is 2. The van der Waals surface area contributed by atoms with Crippen LogP contribution in [-0.4, -0.2) is 26.9 Å². The molecule has 0 spiro atoms. The molecule has 2 aromatic rings. The number of rotatable bonds is 4. The third-order valence-corrected chi connectivity index (χ3v) is 5.05. The van der Waals surface area contributed by atoms with Gasteiger partial charge in [-0.1, -0.05) is 42.1 Å². The maximum absolute atomic E-state index is 12.2. The van der Waals surface area contributed by atoms with Gasteiger partial charge in [0.05, 0.1) is 10.7 Å². The lowest BCUT2D eigenvalue weighted by Crippen LogP contribution is -2.10. The van der Waals surface area contributed by atoms with Crippen LogP contribution < -0.4 is 9.80 Å². The van der Waals surface area contributed by atoms with Gasteiger partial charge < -0.3 is 9.80 Å². The van der Waals surface area contributed by atoms with E-state index in [0.29, 0.717) is 0 Å². The highest BCUT2D eigenvalue weighted by Crippen LogP contribution is 2.44. The van der Waals surface area contributed by atoms with E-state index in [1.54, 1.807) is 23.9 Å². The number of hydrogen-bond acceptors (Lipinski definition) is 4. The number of carbonyl (C=O) groups excluding carboxylic acids is 1. The van der Waals surface area contributed by atoms with Crippen molar-refractivity contribution in [2.45, 2.75) is 4.90 Å². The summed E-state index contributed by atoms with van der Waals surface area (Å²) in [5.74, 6) is -0.00570. The molecular weight excluding hydrogens is 316 g/mol. The van der Waals surface area contributed by atoms with Crippen LogP contribution in [0, 0.1) is 0 Å². The molecule has 0 bridgehead atoms. The molecule has 0 amide bonds. The predicted molar refractivity (Wildman–Crippen MR) is 104 cm³/mol. The Balaban J connectivity index is 1.70. The molecule has 0 N–H and O–H groups in total. The van der Waals surface area contributed by atoms with Crippen molar-refractivity contribution in [3.8, 4) is 0 Å². The third kappa shape index (κ3) is 3.54. The van der Waals surface area contributed by atoms with Crippen molar-refractivity contribution >= 4 is 35.0 Å². The van der Waals surface area contributed by atoms with Crippen molar-refractivity contribution < 1.29 is 4.79 Å². The second-order valence-electron chi connectivity index (χ2n) is 5.83. The van der Waals surface area contributed by atoms with Crippen LogP contribution in [0.3, 0.4) is 0 Å². The number of anilines is 2. The first-order valence-electron chi connectivity index (χ1n) is 7.76. The summed E-state index contributed by atoms with van der Waals surface area (Å²) in [6, 6.07) is 16.3. The standard InChI is InChI=1S/C20H20N2OS/c1-21(2)16-11-8-15(9-12-16)10-13-17(23)14-20-22(3)18-6-4-5-7-19(18)24-20/h4-14H,1-3H3/b13-10+,20-14-. The summed E-state index contributed by atoms with van der Waals surface area (Å²) in [6.07, 6.45) is 5.16.